The molecule has 10 aromatic rings. The SMILES string of the molecule is CC(C)c1ccc(-n2c(-c3ccc(-c4nc(-c5ccccc5)nc(-c5ccc(-c6nc7ccccc7n6-c6ccc(C(C)C)cc6)cc5)n4)cc3)nc3ccccc32)cc1. The predicted molar refractivity (Wildman–Crippen MR) is 244 cm³/mol. The van der Waals surface area contributed by atoms with Gasteiger partial charge in [0.1, 0.15) is 11.6 Å². The molecule has 7 heteroatoms. The van der Waals surface area contributed by atoms with Gasteiger partial charge in [-0.05, 0) is 71.5 Å². The second-order valence-corrected chi connectivity index (χ2v) is 15.8. The Morgan fingerprint density at radius 2 is 0.650 bits per heavy atom. The van der Waals surface area contributed by atoms with Crippen molar-refractivity contribution in [2.75, 3.05) is 0 Å². The van der Waals surface area contributed by atoms with Gasteiger partial charge in [-0.3, -0.25) is 9.13 Å². The van der Waals surface area contributed by atoms with E-state index in [9.17, 15) is 0 Å². The van der Waals surface area contributed by atoms with Crippen LogP contribution in [0, 0.1) is 0 Å². The topological polar surface area (TPSA) is 74.3 Å². The van der Waals surface area contributed by atoms with Crippen LogP contribution < -0.4 is 0 Å². The highest BCUT2D eigenvalue weighted by molar-refractivity contribution is 5.85. The van der Waals surface area contributed by atoms with Crippen LogP contribution in [-0.4, -0.2) is 34.1 Å². The lowest BCUT2D eigenvalue weighted by molar-refractivity contribution is 0.865. The molecule has 290 valence electrons. The van der Waals surface area contributed by atoms with Gasteiger partial charge in [-0.2, -0.15) is 0 Å². The average Bonchev–Trinajstić information content (AvgIpc) is 3.89. The van der Waals surface area contributed by atoms with Gasteiger partial charge in [-0.1, -0.05) is 155 Å². The Labute approximate surface area is 349 Å². The molecular weight excluding hydrogens is 735 g/mol. The average molecular weight is 778 g/mol. The quantitative estimate of drug-likeness (QED) is 0.146. The van der Waals surface area contributed by atoms with Crippen LogP contribution in [0.5, 0.6) is 0 Å². The molecule has 0 amide bonds. The highest BCUT2D eigenvalue weighted by Gasteiger charge is 2.19. The Hall–Kier alpha value is -7.51. The summed E-state index contributed by atoms with van der Waals surface area (Å²) < 4.78 is 4.48. The summed E-state index contributed by atoms with van der Waals surface area (Å²) >= 11 is 0. The maximum Gasteiger partial charge on any atom is 0.164 e. The molecule has 0 saturated carbocycles. The number of hydrogen-bond acceptors (Lipinski definition) is 5. The van der Waals surface area contributed by atoms with Crippen molar-refractivity contribution in [3.05, 3.63) is 187 Å². The van der Waals surface area contributed by atoms with Crippen LogP contribution in [0.1, 0.15) is 50.7 Å². The monoisotopic (exact) mass is 777 g/mol. The number of imidazole rings is 2. The van der Waals surface area contributed by atoms with E-state index in [4.69, 9.17) is 24.9 Å². The molecule has 0 atom stereocenters. The summed E-state index contributed by atoms with van der Waals surface area (Å²) in [6.07, 6.45) is 0. The van der Waals surface area contributed by atoms with Crippen LogP contribution in [0.25, 0.3) is 90.4 Å². The number of nitrogens with zero attached hydrogens (tertiary/aromatic N) is 7. The van der Waals surface area contributed by atoms with E-state index in [1.54, 1.807) is 0 Å². The van der Waals surface area contributed by atoms with Gasteiger partial charge >= 0.3 is 0 Å². The highest BCUT2D eigenvalue weighted by Crippen LogP contribution is 2.34. The molecule has 7 aromatic carbocycles. The first kappa shape index (κ1) is 36.8. The van der Waals surface area contributed by atoms with Gasteiger partial charge in [0.05, 0.1) is 22.1 Å². The molecular formula is C53H43N7. The zero-order valence-corrected chi connectivity index (χ0v) is 34.0. The van der Waals surface area contributed by atoms with Gasteiger partial charge < -0.3 is 0 Å². The van der Waals surface area contributed by atoms with E-state index in [2.05, 4.69) is 170 Å². The molecule has 0 unspecified atom stereocenters. The Kier molecular flexibility index (Phi) is 9.41. The first-order valence-electron chi connectivity index (χ1n) is 20.6. The van der Waals surface area contributed by atoms with E-state index in [1.165, 1.54) is 11.1 Å². The van der Waals surface area contributed by atoms with Crippen molar-refractivity contribution < 1.29 is 0 Å². The lowest BCUT2D eigenvalue weighted by Crippen LogP contribution is -2.01. The minimum atomic E-state index is 0.457. The van der Waals surface area contributed by atoms with Crippen molar-refractivity contribution in [3.8, 4) is 68.3 Å². The zero-order chi connectivity index (χ0) is 40.7. The molecule has 0 spiro atoms. The summed E-state index contributed by atoms with van der Waals surface area (Å²) in [7, 11) is 0. The van der Waals surface area contributed by atoms with Gasteiger partial charge in [-0.25, -0.2) is 24.9 Å². The van der Waals surface area contributed by atoms with Crippen LogP contribution in [-0.2, 0) is 0 Å². The van der Waals surface area contributed by atoms with Crippen molar-refractivity contribution >= 4 is 22.1 Å². The lowest BCUT2D eigenvalue weighted by atomic mass is 10.0. The van der Waals surface area contributed by atoms with Crippen LogP contribution in [0.15, 0.2) is 176 Å². The molecule has 10 rings (SSSR count). The van der Waals surface area contributed by atoms with Gasteiger partial charge in [0, 0.05) is 39.2 Å². The van der Waals surface area contributed by atoms with Crippen molar-refractivity contribution in [3.63, 3.8) is 0 Å². The fourth-order valence-corrected chi connectivity index (χ4v) is 7.87. The first-order chi connectivity index (χ1) is 29.4. The second-order valence-electron chi connectivity index (χ2n) is 15.8. The summed E-state index contributed by atoms with van der Waals surface area (Å²) in [6.45, 7) is 8.87. The molecule has 0 aliphatic rings. The third-order valence-corrected chi connectivity index (χ3v) is 11.2. The van der Waals surface area contributed by atoms with E-state index >= 15 is 0 Å². The number of aromatic nitrogens is 7. The number of benzene rings is 7. The molecule has 0 fully saturated rings. The molecule has 0 aliphatic heterocycles. The predicted octanol–water partition coefficient (Wildman–Crippen LogP) is 13.1. The van der Waals surface area contributed by atoms with Crippen LogP contribution in [0.3, 0.4) is 0 Å². The minimum Gasteiger partial charge on any atom is -0.292 e. The molecule has 0 bridgehead atoms. The normalized spacial score (nSPS) is 11.6. The number of fused-ring (bicyclic) bond motifs is 2. The summed E-state index contributed by atoms with van der Waals surface area (Å²) in [4.78, 5) is 25.4. The van der Waals surface area contributed by atoms with Crippen LogP contribution >= 0.6 is 0 Å². The fraction of sp³-hybridized carbons (Fsp3) is 0.113. The Balaban J connectivity index is 1.03. The van der Waals surface area contributed by atoms with Gasteiger partial charge in [0.2, 0.25) is 0 Å². The van der Waals surface area contributed by atoms with Gasteiger partial charge in [0.15, 0.2) is 17.5 Å². The summed E-state index contributed by atoms with van der Waals surface area (Å²) in [6, 6.07) is 61.0. The minimum absolute atomic E-state index is 0.457. The lowest BCUT2D eigenvalue weighted by Gasteiger charge is -2.13. The molecule has 0 N–H and O–H groups in total. The van der Waals surface area contributed by atoms with Crippen LogP contribution in [0.2, 0.25) is 0 Å². The fourth-order valence-electron chi connectivity index (χ4n) is 7.87. The van der Waals surface area contributed by atoms with Crippen LogP contribution in [0.4, 0.5) is 0 Å². The molecule has 60 heavy (non-hydrogen) atoms. The highest BCUT2D eigenvalue weighted by atomic mass is 15.1. The smallest absolute Gasteiger partial charge is 0.164 e. The molecule has 3 aromatic heterocycles. The molecule has 0 aliphatic carbocycles. The summed E-state index contributed by atoms with van der Waals surface area (Å²) in [5.74, 6) is 4.47. The Morgan fingerprint density at radius 1 is 0.317 bits per heavy atom. The molecule has 0 radical (unpaired) electrons. The number of rotatable bonds is 9. The number of hydrogen-bond donors (Lipinski definition) is 0. The van der Waals surface area contributed by atoms with Crippen molar-refractivity contribution in [2.45, 2.75) is 39.5 Å². The first-order valence-corrected chi connectivity index (χ1v) is 20.6. The standard InChI is InChI=1S/C53H43N7/c1-34(2)36-26-30-43(31-27-36)59-47-16-10-8-14-45(47)54-52(59)41-22-18-39(19-23-41)50-56-49(38-12-6-5-7-13-38)57-51(58-50)40-20-24-42(25-21-40)53-55-46-15-9-11-17-48(46)60(53)44-32-28-37(29-33-44)35(3)4/h5-35H,1-4H3. The Morgan fingerprint density at radius 3 is 1.03 bits per heavy atom. The molecule has 3 heterocycles. The second kappa shape index (κ2) is 15.3. The van der Waals surface area contributed by atoms with Crippen molar-refractivity contribution in [1.29, 1.82) is 0 Å². The zero-order valence-electron chi connectivity index (χ0n) is 34.0. The van der Waals surface area contributed by atoms with E-state index in [0.29, 0.717) is 29.3 Å². The van der Waals surface area contributed by atoms with Crippen molar-refractivity contribution in [2.24, 2.45) is 0 Å². The van der Waals surface area contributed by atoms with E-state index in [0.717, 1.165) is 72.9 Å². The van der Waals surface area contributed by atoms with Gasteiger partial charge in [-0.15, -0.1) is 0 Å². The summed E-state index contributed by atoms with van der Waals surface area (Å²) in [5.41, 5.74) is 13.5. The summed E-state index contributed by atoms with van der Waals surface area (Å²) in [5, 5.41) is 0. The van der Waals surface area contributed by atoms with Crippen molar-refractivity contribution in [1.82, 2.24) is 34.1 Å². The molecule has 7 nitrogen and oxygen atoms in total. The van der Waals surface area contributed by atoms with E-state index in [-0.39, 0.29) is 0 Å². The maximum absolute atomic E-state index is 5.12. The largest absolute Gasteiger partial charge is 0.292 e. The van der Waals surface area contributed by atoms with E-state index < -0.39 is 0 Å². The maximum atomic E-state index is 5.12. The van der Waals surface area contributed by atoms with E-state index in [1.807, 2.05) is 42.5 Å². The Bertz CT molecular complexity index is 2910. The third kappa shape index (κ3) is 6.84. The number of para-hydroxylation sites is 4. The third-order valence-electron chi connectivity index (χ3n) is 11.2. The van der Waals surface area contributed by atoms with Gasteiger partial charge in [0.25, 0.3) is 0 Å². The molecule has 0 saturated heterocycles.